The van der Waals surface area contributed by atoms with Crippen molar-refractivity contribution in [3.63, 3.8) is 0 Å². The van der Waals surface area contributed by atoms with Crippen molar-refractivity contribution in [1.29, 1.82) is 0 Å². The highest BCUT2D eigenvalue weighted by Gasteiger charge is 2.20. The molecule has 0 radical (unpaired) electrons. The Kier molecular flexibility index (Phi) is 5.43. The van der Waals surface area contributed by atoms with Gasteiger partial charge in [0.2, 0.25) is 0 Å². The molecule has 24 heavy (non-hydrogen) atoms. The topological polar surface area (TPSA) is 61.5 Å². The van der Waals surface area contributed by atoms with Crippen molar-refractivity contribution in [2.24, 2.45) is 5.73 Å². The first kappa shape index (κ1) is 16.9. The number of hydrogen-bond acceptors (Lipinski definition) is 5. The second-order valence-electron chi connectivity index (χ2n) is 5.51. The van der Waals surface area contributed by atoms with E-state index in [-0.39, 0.29) is 5.97 Å². The molecule has 4 nitrogen and oxygen atoms in total. The van der Waals surface area contributed by atoms with Crippen LogP contribution >= 0.6 is 11.8 Å². The lowest BCUT2D eigenvalue weighted by Gasteiger charge is -2.10. The molecule has 0 bridgehead atoms. The van der Waals surface area contributed by atoms with Gasteiger partial charge in [0, 0.05) is 16.3 Å². The van der Waals surface area contributed by atoms with E-state index in [1.807, 2.05) is 25.1 Å². The van der Waals surface area contributed by atoms with E-state index in [1.165, 1.54) is 10.5 Å². The molecule has 3 rings (SSSR count). The Hall–Kier alpha value is -1.98. The number of esters is 1. The Morgan fingerprint density at radius 3 is 2.88 bits per heavy atom. The number of ether oxygens (including phenoxy) is 2. The zero-order valence-electron chi connectivity index (χ0n) is 13.7. The first-order chi connectivity index (χ1) is 11.7. The van der Waals surface area contributed by atoms with Gasteiger partial charge in [-0.25, -0.2) is 4.79 Å². The Bertz CT molecular complexity index is 745. The summed E-state index contributed by atoms with van der Waals surface area (Å²) in [6.07, 6.45) is 1.68. The Labute approximate surface area is 146 Å². The number of benzene rings is 2. The van der Waals surface area contributed by atoms with Gasteiger partial charge in [-0.15, -0.1) is 0 Å². The summed E-state index contributed by atoms with van der Waals surface area (Å²) in [5.41, 5.74) is 8.48. The lowest BCUT2D eigenvalue weighted by Crippen LogP contribution is -2.10. The second-order valence-corrected chi connectivity index (χ2v) is 6.60. The highest BCUT2D eigenvalue weighted by atomic mass is 32.2. The minimum atomic E-state index is -0.243. The molecule has 0 aliphatic carbocycles. The van der Waals surface area contributed by atoms with Crippen LogP contribution in [0.4, 0.5) is 0 Å². The molecular weight excluding hydrogens is 322 g/mol. The number of rotatable bonds is 5. The SMILES string of the molecule is CCOC(=O)c1cccc2c1CCc1cc(OCCN)ccc1S2. The molecule has 5 heteroatoms. The van der Waals surface area contributed by atoms with Crippen molar-refractivity contribution in [1.82, 2.24) is 0 Å². The summed E-state index contributed by atoms with van der Waals surface area (Å²) in [5.74, 6) is 0.601. The molecule has 0 amide bonds. The van der Waals surface area contributed by atoms with Crippen molar-refractivity contribution in [2.45, 2.75) is 29.6 Å². The predicted molar refractivity (Wildman–Crippen MR) is 94.9 cm³/mol. The van der Waals surface area contributed by atoms with E-state index < -0.39 is 0 Å². The van der Waals surface area contributed by atoms with Gasteiger partial charge in [0.05, 0.1) is 12.2 Å². The average molecular weight is 343 g/mol. The number of nitrogens with two attached hydrogens (primary N) is 1. The minimum Gasteiger partial charge on any atom is -0.492 e. The number of fused-ring (bicyclic) bond motifs is 2. The molecule has 126 valence electrons. The summed E-state index contributed by atoms with van der Waals surface area (Å²) in [6, 6.07) is 12.0. The van der Waals surface area contributed by atoms with Gasteiger partial charge in [-0.3, -0.25) is 0 Å². The summed E-state index contributed by atoms with van der Waals surface area (Å²) in [4.78, 5) is 14.5. The molecule has 1 aliphatic heterocycles. The van der Waals surface area contributed by atoms with Crippen molar-refractivity contribution in [2.75, 3.05) is 19.8 Å². The van der Waals surface area contributed by atoms with E-state index in [0.29, 0.717) is 25.3 Å². The monoisotopic (exact) mass is 343 g/mol. The van der Waals surface area contributed by atoms with E-state index >= 15 is 0 Å². The van der Waals surface area contributed by atoms with Crippen LogP contribution in [0, 0.1) is 0 Å². The van der Waals surface area contributed by atoms with E-state index in [1.54, 1.807) is 11.8 Å². The van der Waals surface area contributed by atoms with E-state index in [2.05, 4.69) is 18.2 Å². The largest absolute Gasteiger partial charge is 0.492 e. The van der Waals surface area contributed by atoms with Gasteiger partial charge in [-0.2, -0.15) is 0 Å². The summed E-state index contributed by atoms with van der Waals surface area (Å²) in [5, 5.41) is 0. The maximum absolute atomic E-state index is 12.2. The van der Waals surface area contributed by atoms with Gasteiger partial charge >= 0.3 is 5.97 Å². The third-order valence-corrected chi connectivity index (χ3v) is 5.13. The lowest BCUT2D eigenvalue weighted by atomic mass is 10.00. The molecule has 0 atom stereocenters. The smallest absolute Gasteiger partial charge is 0.338 e. The fourth-order valence-corrected chi connectivity index (χ4v) is 3.96. The van der Waals surface area contributed by atoms with Crippen LogP contribution in [0.5, 0.6) is 5.75 Å². The Morgan fingerprint density at radius 1 is 1.21 bits per heavy atom. The molecule has 2 aromatic rings. The minimum absolute atomic E-state index is 0.243. The molecule has 1 heterocycles. The van der Waals surface area contributed by atoms with Crippen molar-refractivity contribution in [3.05, 3.63) is 53.1 Å². The fraction of sp³-hybridized carbons (Fsp3) is 0.316. The van der Waals surface area contributed by atoms with Gasteiger partial charge in [0.15, 0.2) is 0 Å². The van der Waals surface area contributed by atoms with E-state index in [9.17, 15) is 4.79 Å². The Morgan fingerprint density at radius 2 is 2.08 bits per heavy atom. The summed E-state index contributed by atoms with van der Waals surface area (Å²) in [6.45, 7) is 3.23. The quantitative estimate of drug-likeness (QED) is 0.843. The summed E-state index contributed by atoms with van der Waals surface area (Å²) >= 11 is 1.70. The van der Waals surface area contributed by atoms with Gasteiger partial charge in [-0.1, -0.05) is 17.8 Å². The van der Waals surface area contributed by atoms with Crippen LogP contribution in [0.2, 0.25) is 0 Å². The number of hydrogen-bond donors (Lipinski definition) is 1. The van der Waals surface area contributed by atoms with E-state index in [0.717, 1.165) is 29.1 Å². The van der Waals surface area contributed by atoms with Crippen LogP contribution in [-0.4, -0.2) is 25.7 Å². The predicted octanol–water partition coefficient (Wildman–Crippen LogP) is 3.45. The highest BCUT2D eigenvalue weighted by molar-refractivity contribution is 7.99. The zero-order valence-corrected chi connectivity index (χ0v) is 14.5. The molecule has 0 fully saturated rings. The molecule has 0 saturated heterocycles. The van der Waals surface area contributed by atoms with Gasteiger partial charge < -0.3 is 15.2 Å². The molecule has 1 aliphatic rings. The molecule has 2 N–H and O–H groups in total. The first-order valence-corrected chi connectivity index (χ1v) is 8.97. The summed E-state index contributed by atoms with van der Waals surface area (Å²) in [7, 11) is 0. The highest BCUT2D eigenvalue weighted by Crippen LogP contribution is 2.39. The van der Waals surface area contributed by atoms with Crippen molar-refractivity contribution >= 4 is 17.7 Å². The van der Waals surface area contributed by atoms with Crippen LogP contribution in [-0.2, 0) is 17.6 Å². The third-order valence-electron chi connectivity index (χ3n) is 3.91. The maximum atomic E-state index is 12.2. The van der Waals surface area contributed by atoms with Gasteiger partial charge in [0.1, 0.15) is 12.4 Å². The molecule has 0 spiro atoms. The molecule has 0 unspecified atom stereocenters. The molecule has 0 saturated carbocycles. The molecular formula is C19H21NO3S. The number of aryl methyl sites for hydroxylation is 1. The summed E-state index contributed by atoms with van der Waals surface area (Å²) < 4.78 is 10.8. The second kappa shape index (κ2) is 7.73. The van der Waals surface area contributed by atoms with Gasteiger partial charge in [-0.05, 0) is 61.2 Å². The third kappa shape index (κ3) is 3.57. The van der Waals surface area contributed by atoms with Crippen LogP contribution in [0.1, 0.15) is 28.4 Å². The van der Waals surface area contributed by atoms with Crippen molar-refractivity contribution in [3.8, 4) is 5.75 Å². The van der Waals surface area contributed by atoms with Crippen LogP contribution in [0.3, 0.4) is 0 Å². The van der Waals surface area contributed by atoms with Crippen LogP contribution in [0.25, 0.3) is 0 Å². The molecule has 2 aromatic carbocycles. The lowest BCUT2D eigenvalue weighted by molar-refractivity contribution is 0.0524. The zero-order chi connectivity index (χ0) is 16.9. The van der Waals surface area contributed by atoms with E-state index in [4.69, 9.17) is 15.2 Å². The van der Waals surface area contributed by atoms with Crippen LogP contribution in [0.15, 0.2) is 46.2 Å². The van der Waals surface area contributed by atoms with Crippen LogP contribution < -0.4 is 10.5 Å². The van der Waals surface area contributed by atoms with Crippen molar-refractivity contribution < 1.29 is 14.3 Å². The standard InChI is InChI=1S/C19H21NO3S/c1-2-22-19(21)16-4-3-5-18-15(16)8-6-13-12-14(23-11-10-20)7-9-17(13)24-18/h3-5,7,9,12H,2,6,8,10-11,20H2,1H3. The first-order valence-electron chi connectivity index (χ1n) is 8.15. The fourth-order valence-electron chi connectivity index (χ4n) is 2.81. The molecule has 0 aromatic heterocycles. The normalized spacial score (nSPS) is 12.8. The average Bonchev–Trinajstić information content (AvgIpc) is 2.78. The Balaban J connectivity index is 1.90. The number of carbonyl (C=O) groups is 1. The maximum Gasteiger partial charge on any atom is 0.338 e. The van der Waals surface area contributed by atoms with Gasteiger partial charge in [0.25, 0.3) is 0 Å². The number of carbonyl (C=O) groups excluding carboxylic acids is 1.